The van der Waals surface area contributed by atoms with Crippen LogP contribution in [0.1, 0.15) is 22.3 Å². The van der Waals surface area contributed by atoms with Crippen molar-refractivity contribution in [3.63, 3.8) is 0 Å². The Labute approximate surface area is 163 Å². The molecule has 3 aromatic carbocycles. The van der Waals surface area contributed by atoms with E-state index >= 15 is 0 Å². The highest BCUT2D eigenvalue weighted by atomic mass is 19.1. The van der Waals surface area contributed by atoms with E-state index in [-0.39, 0.29) is 0 Å². The van der Waals surface area contributed by atoms with Crippen molar-refractivity contribution in [2.45, 2.75) is 13.5 Å². The molecule has 1 aromatic heterocycles. The molecule has 0 aliphatic rings. The second-order valence-corrected chi connectivity index (χ2v) is 6.87. The standard InChI is InChI=1S/C25H19FN2/c1-18-7-6-8-19(13-18)16-28-17-21(23-10-3-5-12-25(23)28)14-20(15-27)22-9-2-4-11-24(22)26/h2-14,17H,16H2,1H3/b20-14-. The quantitative estimate of drug-likeness (QED) is 0.395. The number of nitrogens with zero attached hydrogens (tertiary/aromatic N) is 2. The fraction of sp³-hybridized carbons (Fsp3) is 0.0800. The van der Waals surface area contributed by atoms with Gasteiger partial charge in [0.2, 0.25) is 0 Å². The molecule has 0 fully saturated rings. The third-order valence-corrected chi connectivity index (χ3v) is 4.84. The molecule has 0 spiro atoms. The molecule has 4 aromatic rings. The Morgan fingerprint density at radius 1 is 1.04 bits per heavy atom. The summed E-state index contributed by atoms with van der Waals surface area (Å²) in [5.41, 5.74) is 5.06. The van der Waals surface area contributed by atoms with Crippen molar-refractivity contribution in [1.82, 2.24) is 4.57 Å². The second kappa shape index (κ2) is 7.54. The molecule has 2 nitrogen and oxygen atoms in total. The number of hydrogen-bond acceptors (Lipinski definition) is 1. The average molecular weight is 366 g/mol. The van der Waals surface area contributed by atoms with Gasteiger partial charge in [0.05, 0.1) is 11.6 Å². The molecule has 0 aliphatic carbocycles. The third-order valence-electron chi connectivity index (χ3n) is 4.84. The predicted octanol–water partition coefficient (Wildman–Crippen LogP) is 6.20. The summed E-state index contributed by atoms with van der Waals surface area (Å²) < 4.78 is 16.3. The van der Waals surface area contributed by atoms with Crippen LogP contribution >= 0.6 is 0 Å². The van der Waals surface area contributed by atoms with Crippen molar-refractivity contribution in [3.8, 4) is 6.07 Å². The number of aryl methyl sites for hydroxylation is 1. The van der Waals surface area contributed by atoms with E-state index in [0.29, 0.717) is 11.1 Å². The average Bonchev–Trinajstić information content (AvgIpc) is 3.04. The van der Waals surface area contributed by atoms with E-state index in [1.807, 2.05) is 24.4 Å². The highest BCUT2D eigenvalue weighted by Crippen LogP contribution is 2.27. The van der Waals surface area contributed by atoms with Crippen molar-refractivity contribution < 1.29 is 4.39 Å². The van der Waals surface area contributed by atoms with Crippen LogP contribution in [0, 0.1) is 24.1 Å². The minimum absolute atomic E-state index is 0.316. The first kappa shape index (κ1) is 17.8. The van der Waals surface area contributed by atoms with E-state index in [1.165, 1.54) is 17.2 Å². The lowest BCUT2D eigenvalue weighted by molar-refractivity contribution is 0.624. The van der Waals surface area contributed by atoms with Crippen molar-refractivity contribution in [2.75, 3.05) is 0 Å². The summed E-state index contributed by atoms with van der Waals surface area (Å²) in [6.45, 7) is 2.82. The highest BCUT2D eigenvalue weighted by molar-refractivity contribution is 5.98. The lowest BCUT2D eigenvalue weighted by Gasteiger charge is -2.06. The van der Waals surface area contributed by atoms with E-state index < -0.39 is 5.82 Å². The molecule has 0 atom stereocenters. The predicted molar refractivity (Wildman–Crippen MR) is 112 cm³/mol. The number of para-hydroxylation sites is 1. The Balaban J connectivity index is 1.82. The third kappa shape index (κ3) is 3.45. The smallest absolute Gasteiger partial charge is 0.131 e. The first-order valence-corrected chi connectivity index (χ1v) is 9.16. The fourth-order valence-electron chi connectivity index (χ4n) is 3.53. The van der Waals surface area contributed by atoms with Crippen molar-refractivity contribution in [1.29, 1.82) is 5.26 Å². The number of allylic oxidation sites excluding steroid dienone is 1. The summed E-state index contributed by atoms with van der Waals surface area (Å²) in [7, 11) is 0. The number of rotatable bonds is 4. The monoisotopic (exact) mass is 366 g/mol. The summed E-state index contributed by atoms with van der Waals surface area (Å²) in [5, 5.41) is 10.7. The maximum Gasteiger partial charge on any atom is 0.131 e. The van der Waals surface area contributed by atoms with Gasteiger partial charge in [0.1, 0.15) is 5.82 Å². The molecule has 0 amide bonds. The van der Waals surface area contributed by atoms with Gasteiger partial charge in [-0.05, 0) is 30.7 Å². The number of halogens is 1. The Bertz CT molecular complexity index is 1220. The van der Waals surface area contributed by atoms with E-state index in [0.717, 1.165) is 23.0 Å². The summed E-state index contributed by atoms with van der Waals surface area (Å²) in [6.07, 6.45) is 3.80. The highest BCUT2D eigenvalue weighted by Gasteiger charge is 2.11. The van der Waals surface area contributed by atoms with Crippen LogP contribution in [-0.4, -0.2) is 4.57 Å². The van der Waals surface area contributed by atoms with Crippen LogP contribution in [0.15, 0.2) is 79.0 Å². The largest absolute Gasteiger partial charge is 0.342 e. The maximum atomic E-state index is 14.2. The number of fused-ring (bicyclic) bond motifs is 1. The molecule has 0 saturated heterocycles. The topological polar surface area (TPSA) is 28.7 Å². The van der Waals surface area contributed by atoms with Crippen LogP contribution in [-0.2, 0) is 6.54 Å². The number of nitriles is 1. The summed E-state index contributed by atoms with van der Waals surface area (Å²) in [4.78, 5) is 0. The Morgan fingerprint density at radius 3 is 2.61 bits per heavy atom. The summed E-state index contributed by atoms with van der Waals surface area (Å²) in [6, 6.07) is 25.0. The van der Waals surface area contributed by atoms with Gasteiger partial charge >= 0.3 is 0 Å². The van der Waals surface area contributed by atoms with Crippen LogP contribution in [0.2, 0.25) is 0 Å². The van der Waals surface area contributed by atoms with Crippen LogP contribution < -0.4 is 0 Å². The molecule has 3 heteroatoms. The zero-order chi connectivity index (χ0) is 19.5. The van der Waals surface area contributed by atoms with Gasteiger partial charge in [-0.1, -0.05) is 66.2 Å². The first-order chi connectivity index (χ1) is 13.7. The molecule has 0 N–H and O–H groups in total. The molecular formula is C25H19FN2. The van der Waals surface area contributed by atoms with E-state index in [1.54, 1.807) is 24.3 Å². The van der Waals surface area contributed by atoms with Crippen LogP contribution in [0.5, 0.6) is 0 Å². The summed E-state index contributed by atoms with van der Waals surface area (Å²) >= 11 is 0. The van der Waals surface area contributed by atoms with Crippen molar-refractivity contribution in [3.05, 3.63) is 107 Å². The van der Waals surface area contributed by atoms with E-state index in [9.17, 15) is 9.65 Å². The van der Waals surface area contributed by atoms with Crippen LogP contribution in [0.3, 0.4) is 0 Å². The molecule has 28 heavy (non-hydrogen) atoms. The first-order valence-electron chi connectivity index (χ1n) is 9.16. The molecule has 1 heterocycles. The van der Waals surface area contributed by atoms with Gasteiger partial charge in [0.15, 0.2) is 0 Å². The number of benzene rings is 3. The van der Waals surface area contributed by atoms with Gasteiger partial charge in [-0.3, -0.25) is 0 Å². The minimum atomic E-state index is -0.390. The van der Waals surface area contributed by atoms with Crippen molar-refractivity contribution in [2.24, 2.45) is 0 Å². The fourth-order valence-corrected chi connectivity index (χ4v) is 3.53. The van der Waals surface area contributed by atoms with Gasteiger partial charge < -0.3 is 4.57 Å². The summed E-state index contributed by atoms with van der Waals surface area (Å²) in [5.74, 6) is -0.390. The van der Waals surface area contributed by atoms with Crippen LogP contribution in [0.25, 0.3) is 22.6 Å². The Morgan fingerprint density at radius 2 is 1.82 bits per heavy atom. The van der Waals surface area contributed by atoms with E-state index in [2.05, 4.69) is 47.9 Å². The SMILES string of the molecule is Cc1cccc(Cn2cc(/C=C(/C#N)c3ccccc3F)c3ccccc32)c1. The molecular weight excluding hydrogens is 347 g/mol. The normalized spacial score (nSPS) is 11.5. The van der Waals surface area contributed by atoms with Gasteiger partial charge in [0, 0.05) is 34.8 Å². The number of aromatic nitrogens is 1. The Hall–Kier alpha value is -3.64. The molecule has 0 unspecified atom stereocenters. The van der Waals surface area contributed by atoms with E-state index in [4.69, 9.17) is 0 Å². The van der Waals surface area contributed by atoms with Crippen LogP contribution in [0.4, 0.5) is 4.39 Å². The molecule has 0 radical (unpaired) electrons. The molecule has 0 bridgehead atoms. The van der Waals surface area contributed by atoms with Crippen molar-refractivity contribution >= 4 is 22.6 Å². The van der Waals surface area contributed by atoms with Gasteiger partial charge in [-0.15, -0.1) is 0 Å². The molecule has 136 valence electrons. The minimum Gasteiger partial charge on any atom is -0.342 e. The zero-order valence-corrected chi connectivity index (χ0v) is 15.6. The Kier molecular flexibility index (Phi) is 4.78. The molecule has 0 saturated carbocycles. The lowest BCUT2D eigenvalue weighted by atomic mass is 10.0. The van der Waals surface area contributed by atoms with Gasteiger partial charge in [0.25, 0.3) is 0 Å². The maximum absolute atomic E-state index is 14.2. The molecule has 0 aliphatic heterocycles. The zero-order valence-electron chi connectivity index (χ0n) is 15.6. The van der Waals surface area contributed by atoms with Gasteiger partial charge in [-0.25, -0.2) is 4.39 Å². The molecule has 4 rings (SSSR count). The second-order valence-electron chi connectivity index (χ2n) is 6.87. The lowest BCUT2D eigenvalue weighted by Crippen LogP contribution is -1.97. The van der Waals surface area contributed by atoms with Gasteiger partial charge in [-0.2, -0.15) is 5.26 Å². The number of hydrogen-bond donors (Lipinski definition) is 0.